The molecule has 0 aromatic rings. The Bertz CT molecular complexity index is 612. The van der Waals surface area contributed by atoms with E-state index in [4.69, 9.17) is 0 Å². The molecule has 140 valence electrons. The number of rotatable bonds is 1. The van der Waals surface area contributed by atoms with Crippen molar-refractivity contribution >= 4 is 11.6 Å². The van der Waals surface area contributed by atoms with E-state index in [-0.39, 0.29) is 17.1 Å². The van der Waals surface area contributed by atoms with E-state index in [1.54, 1.807) is 6.92 Å². The highest BCUT2D eigenvalue weighted by Gasteiger charge is 2.68. The van der Waals surface area contributed by atoms with Gasteiger partial charge in [-0.2, -0.15) is 0 Å². The highest BCUT2D eigenvalue weighted by Crippen LogP contribution is 2.69. The molecule has 0 heterocycles. The summed E-state index contributed by atoms with van der Waals surface area (Å²) < 4.78 is 0. The van der Waals surface area contributed by atoms with Gasteiger partial charge in [0.1, 0.15) is 11.4 Å². The van der Waals surface area contributed by atoms with Crippen LogP contribution < -0.4 is 0 Å². The number of ketones is 2. The molecule has 0 spiro atoms. The van der Waals surface area contributed by atoms with E-state index in [2.05, 4.69) is 20.8 Å². The molecule has 4 saturated carbocycles. The maximum absolute atomic E-state index is 12.4. The second kappa shape index (κ2) is 5.41. The molecule has 25 heavy (non-hydrogen) atoms. The van der Waals surface area contributed by atoms with Crippen molar-refractivity contribution in [1.29, 1.82) is 0 Å². The molecule has 4 fully saturated rings. The molecule has 1 N–H and O–H groups in total. The summed E-state index contributed by atoms with van der Waals surface area (Å²) in [7, 11) is 0. The minimum Gasteiger partial charge on any atom is -0.381 e. The van der Waals surface area contributed by atoms with E-state index in [1.807, 2.05) is 0 Å². The molecule has 3 heteroatoms. The van der Waals surface area contributed by atoms with Crippen molar-refractivity contribution in [3.8, 4) is 0 Å². The van der Waals surface area contributed by atoms with Gasteiger partial charge in [-0.1, -0.05) is 20.8 Å². The summed E-state index contributed by atoms with van der Waals surface area (Å²) in [6.45, 7) is 8.30. The normalized spacial score (nSPS) is 55.2. The summed E-state index contributed by atoms with van der Waals surface area (Å²) >= 11 is 0. The lowest BCUT2D eigenvalue weighted by Crippen LogP contribution is -2.59. The first-order valence-electron chi connectivity index (χ1n) is 10.4. The average molecular weight is 347 g/mol. The molecule has 4 aliphatic rings. The van der Waals surface area contributed by atoms with E-state index in [0.29, 0.717) is 34.9 Å². The molecular weight excluding hydrogens is 312 g/mol. The fourth-order valence-electron chi connectivity index (χ4n) is 8.14. The highest BCUT2D eigenvalue weighted by atomic mass is 16.3. The number of aliphatic hydroxyl groups is 1. The summed E-state index contributed by atoms with van der Waals surface area (Å²) in [4.78, 5) is 24.4. The van der Waals surface area contributed by atoms with Gasteiger partial charge in [0.15, 0.2) is 5.78 Å². The molecule has 0 unspecified atom stereocenters. The van der Waals surface area contributed by atoms with Crippen molar-refractivity contribution in [2.24, 2.45) is 40.4 Å². The lowest BCUT2D eigenvalue weighted by atomic mass is 9.44. The Kier molecular flexibility index (Phi) is 3.83. The number of carbonyl (C=O) groups excluding carboxylic acids is 2. The Morgan fingerprint density at radius 1 is 1.12 bits per heavy atom. The van der Waals surface area contributed by atoms with Gasteiger partial charge in [0.05, 0.1) is 0 Å². The number of hydrogen-bond donors (Lipinski definition) is 1. The van der Waals surface area contributed by atoms with Crippen LogP contribution >= 0.6 is 0 Å². The van der Waals surface area contributed by atoms with Crippen molar-refractivity contribution in [3.05, 3.63) is 0 Å². The quantitative estimate of drug-likeness (QED) is 0.775. The molecule has 0 aliphatic heterocycles. The first-order chi connectivity index (χ1) is 11.6. The number of fused-ring (bicyclic) bond motifs is 5. The van der Waals surface area contributed by atoms with Gasteiger partial charge in [0.2, 0.25) is 0 Å². The van der Waals surface area contributed by atoms with Crippen LogP contribution in [-0.4, -0.2) is 22.3 Å². The Balaban J connectivity index is 1.68. The first-order valence-corrected chi connectivity index (χ1v) is 10.4. The van der Waals surface area contributed by atoms with E-state index in [0.717, 1.165) is 44.9 Å². The fourth-order valence-corrected chi connectivity index (χ4v) is 8.14. The van der Waals surface area contributed by atoms with Gasteiger partial charge in [-0.15, -0.1) is 0 Å². The largest absolute Gasteiger partial charge is 0.381 e. The molecule has 0 aromatic carbocycles. The van der Waals surface area contributed by atoms with Crippen molar-refractivity contribution in [2.75, 3.05) is 0 Å². The van der Waals surface area contributed by atoms with Crippen LogP contribution in [0, 0.1) is 40.4 Å². The minimum atomic E-state index is -1.15. The van der Waals surface area contributed by atoms with Gasteiger partial charge < -0.3 is 5.11 Å². The molecule has 0 amide bonds. The van der Waals surface area contributed by atoms with Crippen molar-refractivity contribution < 1.29 is 14.7 Å². The Hall–Kier alpha value is -0.700. The van der Waals surface area contributed by atoms with Gasteiger partial charge in [0.25, 0.3) is 0 Å². The van der Waals surface area contributed by atoms with Crippen molar-refractivity contribution in [3.63, 3.8) is 0 Å². The summed E-state index contributed by atoms with van der Waals surface area (Å²) in [6, 6.07) is 0. The standard InChI is InChI=1S/C22H34O3/c1-13-11-19-17-6-5-15-12-16(24)7-9-20(15,3)18(17)8-10-21(19,4)22(13,25)14(2)23/h13,15,17-19,25H,5-12H2,1-4H3/t13-,15-,17+,18-,19-,20-,21-,22-/m0/s1. The smallest absolute Gasteiger partial charge is 0.162 e. The van der Waals surface area contributed by atoms with Crippen LogP contribution in [0.25, 0.3) is 0 Å². The van der Waals surface area contributed by atoms with Gasteiger partial charge in [0, 0.05) is 18.3 Å². The van der Waals surface area contributed by atoms with E-state index in [9.17, 15) is 14.7 Å². The van der Waals surface area contributed by atoms with Crippen molar-refractivity contribution in [1.82, 2.24) is 0 Å². The van der Waals surface area contributed by atoms with Crippen LogP contribution in [0.5, 0.6) is 0 Å². The molecule has 0 aromatic heterocycles. The Labute approximate surface area is 151 Å². The first kappa shape index (κ1) is 17.7. The Morgan fingerprint density at radius 2 is 1.84 bits per heavy atom. The van der Waals surface area contributed by atoms with Crippen LogP contribution in [0.3, 0.4) is 0 Å². The fraction of sp³-hybridized carbons (Fsp3) is 0.909. The topological polar surface area (TPSA) is 54.4 Å². The van der Waals surface area contributed by atoms with Gasteiger partial charge >= 0.3 is 0 Å². The average Bonchev–Trinajstić information content (AvgIpc) is 2.77. The second-order valence-electron chi connectivity index (χ2n) is 10.3. The van der Waals surface area contributed by atoms with Crippen molar-refractivity contribution in [2.45, 2.75) is 84.7 Å². The molecule has 0 bridgehead atoms. The molecule has 3 nitrogen and oxygen atoms in total. The third-order valence-corrected chi connectivity index (χ3v) is 9.60. The zero-order valence-corrected chi connectivity index (χ0v) is 16.3. The molecule has 0 radical (unpaired) electrons. The number of Topliss-reactive ketones (excluding diaryl/α,β-unsaturated/α-hetero) is 2. The predicted octanol–water partition coefficient (Wildman–Crippen LogP) is 4.16. The summed E-state index contributed by atoms with van der Waals surface area (Å²) in [5.41, 5.74) is -1.13. The third kappa shape index (κ3) is 2.08. The monoisotopic (exact) mass is 346 g/mol. The lowest BCUT2D eigenvalue weighted by molar-refractivity contribution is -0.173. The summed E-state index contributed by atoms with van der Waals surface area (Å²) in [5, 5.41) is 11.4. The third-order valence-electron chi connectivity index (χ3n) is 9.60. The number of hydrogen-bond acceptors (Lipinski definition) is 3. The molecule has 8 atom stereocenters. The minimum absolute atomic E-state index is 0.0355. The number of carbonyl (C=O) groups is 2. The molecular formula is C22H34O3. The predicted molar refractivity (Wildman–Crippen MR) is 96.9 cm³/mol. The maximum Gasteiger partial charge on any atom is 0.162 e. The van der Waals surface area contributed by atoms with Gasteiger partial charge in [-0.05, 0) is 80.5 Å². The van der Waals surface area contributed by atoms with Crippen LogP contribution in [-0.2, 0) is 9.59 Å². The summed E-state index contributed by atoms with van der Waals surface area (Å²) in [5.74, 6) is 2.77. The summed E-state index contributed by atoms with van der Waals surface area (Å²) in [6.07, 6.45) is 7.97. The zero-order valence-electron chi connectivity index (χ0n) is 16.3. The van der Waals surface area contributed by atoms with E-state index >= 15 is 0 Å². The maximum atomic E-state index is 12.4. The van der Waals surface area contributed by atoms with E-state index in [1.165, 1.54) is 6.42 Å². The SMILES string of the molecule is CC(=O)[C@@]1(O)[C@@H](C)C[C@H]2[C@@H]3CC[C@H]4CC(=O)CC[C@]4(C)[C@H]3CC[C@@]21C. The van der Waals surface area contributed by atoms with E-state index < -0.39 is 5.60 Å². The zero-order chi connectivity index (χ0) is 18.2. The van der Waals surface area contributed by atoms with Crippen LogP contribution in [0.2, 0.25) is 0 Å². The molecule has 4 rings (SSSR count). The second-order valence-corrected chi connectivity index (χ2v) is 10.3. The van der Waals surface area contributed by atoms with Crippen LogP contribution in [0.1, 0.15) is 79.1 Å². The highest BCUT2D eigenvalue weighted by molar-refractivity contribution is 5.86. The van der Waals surface area contributed by atoms with Crippen LogP contribution in [0.4, 0.5) is 0 Å². The molecule has 4 aliphatic carbocycles. The lowest BCUT2D eigenvalue weighted by Gasteiger charge is -2.60. The van der Waals surface area contributed by atoms with Gasteiger partial charge in [-0.25, -0.2) is 0 Å². The van der Waals surface area contributed by atoms with Crippen LogP contribution in [0.15, 0.2) is 0 Å². The van der Waals surface area contributed by atoms with Gasteiger partial charge in [-0.3, -0.25) is 9.59 Å². The Morgan fingerprint density at radius 3 is 2.52 bits per heavy atom. The molecule has 0 saturated heterocycles.